The monoisotopic (exact) mass is 390 g/mol. The van der Waals surface area contributed by atoms with Gasteiger partial charge in [0.05, 0.1) is 25.7 Å². The molecule has 0 radical (unpaired) electrons. The fourth-order valence-corrected chi connectivity index (χ4v) is 0.928. The van der Waals surface area contributed by atoms with Gasteiger partial charge >= 0.3 is 59.4 Å². The first-order chi connectivity index (χ1) is 9.40. The molecule has 0 unspecified atom stereocenters. The Labute approximate surface area is 163 Å². The summed E-state index contributed by atoms with van der Waals surface area (Å²) in [4.78, 5) is 49.8. The summed E-state index contributed by atoms with van der Waals surface area (Å²) in [6.45, 7) is 0. The van der Waals surface area contributed by atoms with Crippen LogP contribution in [0, 0.1) is 0 Å². The van der Waals surface area contributed by atoms with Gasteiger partial charge in [-0.15, -0.1) is 0 Å². The van der Waals surface area contributed by atoms with E-state index >= 15 is 0 Å². The van der Waals surface area contributed by atoms with E-state index in [2.05, 4.69) is 0 Å². The van der Waals surface area contributed by atoms with Gasteiger partial charge < -0.3 is 32.1 Å². The predicted octanol–water partition coefficient (Wildman–Crippen LogP) is -4.20. The molecule has 0 aromatic rings. The summed E-state index contributed by atoms with van der Waals surface area (Å²) < 4.78 is 0. The first-order valence-corrected chi connectivity index (χ1v) is 5.23. The SMILES string of the molecule is O=C(O)CC(O)(CC(=O)O)C(=O)O.O=C(O)CCC(=O)O.[Fe].[H-].[Na+]. The molecular weight excluding hydrogens is 375 g/mol. The fraction of sp³-hybridized carbons (Fsp3) is 0.500. The number of carbonyl (C=O) groups is 5. The van der Waals surface area contributed by atoms with Crippen molar-refractivity contribution in [3.8, 4) is 0 Å². The number of carboxylic acids is 5. The van der Waals surface area contributed by atoms with E-state index in [0.717, 1.165) is 0 Å². The molecule has 130 valence electrons. The summed E-state index contributed by atoms with van der Waals surface area (Å²) in [6, 6.07) is 0. The third-order valence-electron chi connectivity index (χ3n) is 1.84. The third-order valence-corrected chi connectivity index (χ3v) is 1.84. The van der Waals surface area contributed by atoms with Crippen molar-refractivity contribution in [2.45, 2.75) is 31.3 Å². The molecule has 0 bridgehead atoms. The zero-order valence-electron chi connectivity index (χ0n) is 12.9. The van der Waals surface area contributed by atoms with Crippen molar-refractivity contribution in [2.75, 3.05) is 0 Å². The molecule has 0 aliphatic rings. The van der Waals surface area contributed by atoms with Gasteiger partial charge in [-0.05, 0) is 0 Å². The molecule has 13 heteroatoms. The molecule has 0 aromatic carbocycles. The predicted molar refractivity (Wildman–Crippen MR) is 62.7 cm³/mol. The zero-order chi connectivity index (χ0) is 17.2. The van der Waals surface area contributed by atoms with Crippen LogP contribution in [0.2, 0.25) is 0 Å². The number of aliphatic hydroxyl groups is 1. The second-order valence-electron chi connectivity index (χ2n) is 3.77. The normalized spacial score (nSPS) is 9.09. The Morgan fingerprint density at radius 2 is 0.957 bits per heavy atom. The number of aliphatic carboxylic acids is 5. The minimum absolute atomic E-state index is 0. The second-order valence-corrected chi connectivity index (χ2v) is 3.77. The molecule has 0 aliphatic carbocycles. The summed E-state index contributed by atoms with van der Waals surface area (Å²) in [5.74, 6) is -7.17. The van der Waals surface area contributed by atoms with Gasteiger partial charge in [0.15, 0.2) is 5.60 Å². The van der Waals surface area contributed by atoms with Gasteiger partial charge in [0.2, 0.25) is 0 Å². The Balaban J connectivity index is -0.0000000968. The van der Waals surface area contributed by atoms with Crippen LogP contribution in [-0.2, 0) is 41.0 Å². The number of hydrogen-bond acceptors (Lipinski definition) is 6. The van der Waals surface area contributed by atoms with Gasteiger partial charge in [0.25, 0.3) is 0 Å². The Kier molecular flexibility index (Phi) is 18.7. The number of hydrogen-bond donors (Lipinski definition) is 6. The van der Waals surface area contributed by atoms with Crippen LogP contribution in [0.4, 0.5) is 0 Å². The summed E-state index contributed by atoms with van der Waals surface area (Å²) in [5.41, 5.74) is -2.74. The van der Waals surface area contributed by atoms with Crippen LogP contribution in [-0.4, -0.2) is 66.1 Å². The third kappa shape index (κ3) is 18.8. The second kappa shape index (κ2) is 14.4. The Morgan fingerprint density at radius 3 is 1.09 bits per heavy atom. The minimum Gasteiger partial charge on any atom is -1.00 e. The zero-order valence-corrected chi connectivity index (χ0v) is 15.0. The topological polar surface area (TPSA) is 207 Å². The molecule has 0 saturated heterocycles. The number of rotatable bonds is 8. The standard InChI is InChI=1S/C6H8O7.C4H6O4.Fe.Na.H/c7-3(8)1-6(13,5(11)12)2-4(9)10;5-3(6)1-2-4(7)8;;;/h13H,1-2H2,(H,7,8)(H,9,10)(H,11,12);1-2H2,(H,5,6)(H,7,8);;;/q;;;+1;-1. The fourth-order valence-electron chi connectivity index (χ4n) is 0.928. The van der Waals surface area contributed by atoms with Crippen LogP contribution in [0.5, 0.6) is 0 Å². The van der Waals surface area contributed by atoms with E-state index in [-0.39, 0.29) is 60.9 Å². The van der Waals surface area contributed by atoms with E-state index in [1.165, 1.54) is 0 Å². The molecular formula is C10H15FeNaO11. The molecule has 0 rings (SSSR count). The van der Waals surface area contributed by atoms with Gasteiger partial charge in [0, 0.05) is 17.1 Å². The van der Waals surface area contributed by atoms with Gasteiger partial charge in [-0.1, -0.05) is 0 Å². The summed E-state index contributed by atoms with van der Waals surface area (Å²) in [6.07, 6.45) is -2.88. The van der Waals surface area contributed by atoms with E-state index in [0.29, 0.717) is 0 Å². The van der Waals surface area contributed by atoms with Crippen LogP contribution in [0.1, 0.15) is 27.1 Å². The Bertz CT molecular complexity index is 413. The summed E-state index contributed by atoms with van der Waals surface area (Å²) in [5, 5.41) is 49.6. The first kappa shape index (κ1) is 29.8. The molecule has 0 heterocycles. The van der Waals surface area contributed by atoms with Gasteiger partial charge in [-0.2, -0.15) is 0 Å². The molecule has 23 heavy (non-hydrogen) atoms. The van der Waals surface area contributed by atoms with Crippen LogP contribution >= 0.6 is 0 Å². The maximum atomic E-state index is 10.3. The van der Waals surface area contributed by atoms with Gasteiger partial charge in [-0.3, -0.25) is 19.2 Å². The van der Waals surface area contributed by atoms with Crippen molar-refractivity contribution in [3.05, 3.63) is 0 Å². The molecule has 0 fully saturated rings. The van der Waals surface area contributed by atoms with Crippen molar-refractivity contribution >= 4 is 29.8 Å². The van der Waals surface area contributed by atoms with E-state index in [9.17, 15) is 24.0 Å². The Morgan fingerprint density at radius 1 is 0.696 bits per heavy atom. The van der Waals surface area contributed by atoms with Gasteiger partial charge in [0.1, 0.15) is 0 Å². The van der Waals surface area contributed by atoms with E-state index < -0.39 is 48.3 Å². The van der Waals surface area contributed by atoms with Crippen molar-refractivity contribution < 1.29 is 103 Å². The van der Waals surface area contributed by atoms with Crippen LogP contribution in [0.25, 0.3) is 0 Å². The molecule has 0 amide bonds. The largest absolute Gasteiger partial charge is 1.00 e. The smallest absolute Gasteiger partial charge is 1.00 e. The van der Waals surface area contributed by atoms with Crippen LogP contribution in [0.15, 0.2) is 0 Å². The van der Waals surface area contributed by atoms with Crippen molar-refractivity contribution in [3.63, 3.8) is 0 Å². The van der Waals surface area contributed by atoms with Crippen molar-refractivity contribution in [1.29, 1.82) is 0 Å². The molecule has 11 nitrogen and oxygen atoms in total. The van der Waals surface area contributed by atoms with Crippen molar-refractivity contribution in [2.24, 2.45) is 0 Å². The maximum absolute atomic E-state index is 10.3. The van der Waals surface area contributed by atoms with E-state index in [1.54, 1.807) is 0 Å². The maximum Gasteiger partial charge on any atom is 1.00 e. The summed E-state index contributed by atoms with van der Waals surface area (Å²) in [7, 11) is 0. The molecule has 6 N–H and O–H groups in total. The molecule has 0 aliphatic heterocycles. The van der Waals surface area contributed by atoms with Gasteiger partial charge in [-0.25, -0.2) is 4.79 Å². The quantitative estimate of drug-likeness (QED) is 0.219. The molecule has 0 saturated carbocycles. The average Bonchev–Trinajstić information content (AvgIpc) is 2.24. The van der Waals surface area contributed by atoms with Crippen LogP contribution in [0.3, 0.4) is 0 Å². The summed E-state index contributed by atoms with van der Waals surface area (Å²) >= 11 is 0. The number of carboxylic acid groups (broad SMARTS) is 5. The Hall–Kier alpha value is -1.17. The first-order valence-electron chi connectivity index (χ1n) is 5.23. The van der Waals surface area contributed by atoms with Crippen molar-refractivity contribution in [1.82, 2.24) is 0 Å². The van der Waals surface area contributed by atoms with Crippen LogP contribution < -0.4 is 29.6 Å². The molecule has 0 spiro atoms. The van der Waals surface area contributed by atoms with E-state index in [4.69, 9.17) is 30.6 Å². The minimum atomic E-state index is -2.74. The van der Waals surface area contributed by atoms with E-state index in [1.807, 2.05) is 0 Å². The average molecular weight is 390 g/mol. The molecule has 0 atom stereocenters. The molecule has 0 aromatic heterocycles.